The Labute approximate surface area is 117 Å². The first-order valence-electron chi connectivity index (χ1n) is 6.47. The van der Waals surface area contributed by atoms with Gasteiger partial charge in [-0.15, -0.1) is 0 Å². The second-order valence-corrected chi connectivity index (χ2v) is 4.32. The van der Waals surface area contributed by atoms with Crippen LogP contribution in [0, 0.1) is 0 Å². The van der Waals surface area contributed by atoms with Crippen LogP contribution < -0.4 is 15.6 Å². The Morgan fingerprint density at radius 2 is 2.20 bits per heavy atom. The fraction of sp³-hybridized carbons (Fsp3) is 0.267. The van der Waals surface area contributed by atoms with E-state index in [1.54, 1.807) is 26.2 Å². The quantitative estimate of drug-likeness (QED) is 0.899. The molecular weight excluding hydrogens is 256 g/mol. The van der Waals surface area contributed by atoms with Crippen LogP contribution in [0.15, 0.2) is 35.3 Å². The summed E-state index contributed by atoms with van der Waals surface area (Å²) in [5.74, 6) is -0.144. The maximum Gasteiger partial charge on any atom is 0.297 e. The van der Waals surface area contributed by atoms with Crippen molar-refractivity contribution in [3.63, 3.8) is 0 Å². The molecule has 5 heteroatoms. The van der Waals surface area contributed by atoms with E-state index in [0.717, 1.165) is 5.69 Å². The fourth-order valence-electron chi connectivity index (χ4n) is 2.11. The smallest absolute Gasteiger partial charge is 0.297 e. The molecule has 0 radical (unpaired) electrons. The third-order valence-electron chi connectivity index (χ3n) is 3.05. The molecule has 5 nitrogen and oxygen atoms in total. The van der Waals surface area contributed by atoms with Crippen molar-refractivity contribution in [2.45, 2.75) is 13.8 Å². The minimum absolute atomic E-state index is 0.0165. The molecule has 2 rings (SSSR count). The summed E-state index contributed by atoms with van der Waals surface area (Å²) in [5, 5.41) is 14.0. The molecule has 0 fully saturated rings. The molecule has 1 heterocycles. The molecule has 0 bridgehead atoms. The topological polar surface area (TPSA) is 63.5 Å². The summed E-state index contributed by atoms with van der Waals surface area (Å²) >= 11 is 0. The SMILES string of the molecule is C/C=C\Nc1cccc2c1c(O)c(OCC)c(=O)n2C. The van der Waals surface area contributed by atoms with Gasteiger partial charge < -0.3 is 19.7 Å². The molecule has 2 aromatic rings. The van der Waals surface area contributed by atoms with E-state index in [0.29, 0.717) is 17.5 Å². The summed E-state index contributed by atoms with van der Waals surface area (Å²) in [5.41, 5.74) is 1.01. The van der Waals surface area contributed by atoms with Gasteiger partial charge in [-0.25, -0.2) is 0 Å². The number of fused-ring (bicyclic) bond motifs is 1. The Balaban J connectivity index is 2.83. The Bertz CT molecular complexity index is 717. The average Bonchev–Trinajstić information content (AvgIpc) is 2.46. The monoisotopic (exact) mass is 274 g/mol. The molecule has 0 saturated heterocycles. The minimum Gasteiger partial charge on any atom is -0.504 e. The van der Waals surface area contributed by atoms with E-state index in [1.165, 1.54) is 4.57 Å². The van der Waals surface area contributed by atoms with E-state index in [4.69, 9.17) is 4.74 Å². The molecular formula is C15H18N2O3. The lowest BCUT2D eigenvalue weighted by molar-refractivity contribution is 0.313. The largest absolute Gasteiger partial charge is 0.504 e. The molecule has 0 spiro atoms. The number of ether oxygens (including phenoxy) is 1. The number of hydrogen-bond donors (Lipinski definition) is 2. The van der Waals surface area contributed by atoms with E-state index in [-0.39, 0.29) is 17.1 Å². The third kappa shape index (κ3) is 2.22. The van der Waals surface area contributed by atoms with Crippen LogP contribution in [0.2, 0.25) is 0 Å². The van der Waals surface area contributed by atoms with Crippen molar-refractivity contribution in [3.8, 4) is 11.5 Å². The summed E-state index contributed by atoms with van der Waals surface area (Å²) in [6.45, 7) is 3.98. The number of allylic oxidation sites excluding steroid dienone is 1. The van der Waals surface area contributed by atoms with E-state index in [1.807, 2.05) is 25.1 Å². The number of aromatic nitrogens is 1. The number of aromatic hydroxyl groups is 1. The predicted octanol–water partition coefficient (Wildman–Crippen LogP) is 2.59. The van der Waals surface area contributed by atoms with E-state index >= 15 is 0 Å². The summed E-state index contributed by atoms with van der Waals surface area (Å²) in [4.78, 5) is 12.2. The maximum atomic E-state index is 12.2. The Morgan fingerprint density at radius 1 is 1.45 bits per heavy atom. The van der Waals surface area contributed by atoms with Crippen molar-refractivity contribution in [1.82, 2.24) is 4.57 Å². The number of aryl methyl sites for hydroxylation is 1. The first kappa shape index (κ1) is 14.0. The normalized spacial score (nSPS) is 11.2. The summed E-state index contributed by atoms with van der Waals surface area (Å²) in [6.07, 6.45) is 3.61. The minimum atomic E-state index is -0.347. The predicted molar refractivity (Wildman–Crippen MR) is 80.5 cm³/mol. The molecule has 0 aliphatic rings. The van der Waals surface area contributed by atoms with Crippen LogP contribution in [0.25, 0.3) is 10.9 Å². The molecule has 106 valence electrons. The van der Waals surface area contributed by atoms with Crippen LogP contribution in [-0.2, 0) is 7.05 Å². The van der Waals surface area contributed by atoms with Crippen molar-refractivity contribution >= 4 is 16.6 Å². The van der Waals surface area contributed by atoms with Crippen molar-refractivity contribution in [2.75, 3.05) is 11.9 Å². The standard InChI is InChI=1S/C15H18N2O3/c1-4-9-16-10-7-6-8-11-12(10)13(18)14(20-5-2)15(19)17(11)3/h4,6-9,16,18H,5H2,1-3H3/b9-4-. The highest BCUT2D eigenvalue weighted by molar-refractivity contribution is 5.98. The summed E-state index contributed by atoms with van der Waals surface area (Å²) in [6, 6.07) is 5.45. The zero-order valence-corrected chi connectivity index (χ0v) is 11.8. The Hall–Kier alpha value is -2.43. The molecule has 1 aromatic carbocycles. The first-order chi connectivity index (χ1) is 9.61. The lowest BCUT2D eigenvalue weighted by Gasteiger charge is -2.14. The van der Waals surface area contributed by atoms with Gasteiger partial charge in [-0.3, -0.25) is 4.79 Å². The molecule has 2 N–H and O–H groups in total. The second kappa shape index (κ2) is 5.69. The van der Waals surface area contributed by atoms with Crippen LogP contribution in [-0.4, -0.2) is 16.3 Å². The molecule has 1 aromatic heterocycles. The molecule has 0 amide bonds. The number of nitrogens with zero attached hydrogens (tertiary/aromatic N) is 1. The van der Waals surface area contributed by atoms with Gasteiger partial charge in [0.1, 0.15) is 0 Å². The second-order valence-electron chi connectivity index (χ2n) is 4.32. The number of hydrogen-bond acceptors (Lipinski definition) is 4. The number of pyridine rings is 1. The van der Waals surface area contributed by atoms with Gasteiger partial charge in [-0.05, 0) is 32.2 Å². The van der Waals surface area contributed by atoms with Gasteiger partial charge in [0.25, 0.3) is 5.56 Å². The lowest BCUT2D eigenvalue weighted by Crippen LogP contribution is -2.20. The van der Waals surface area contributed by atoms with Gasteiger partial charge in [-0.2, -0.15) is 0 Å². The highest BCUT2D eigenvalue weighted by Crippen LogP contribution is 2.36. The lowest BCUT2D eigenvalue weighted by atomic mass is 10.1. The highest BCUT2D eigenvalue weighted by Gasteiger charge is 2.17. The first-order valence-corrected chi connectivity index (χ1v) is 6.47. The zero-order chi connectivity index (χ0) is 14.7. The summed E-state index contributed by atoms with van der Waals surface area (Å²) in [7, 11) is 1.66. The van der Waals surface area contributed by atoms with Crippen LogP contribution in [0.3, 0.4) is 0 Å². The van der Waals surface area contributed by atoms with Gasteiger partial charge in [0.05, 0.1) is 23.2 Å². The number of benzene rings is 1. The van der Waals surface area contributed by atoms with Crippen molar-refractivity contribution in [2.24, 2.45) is 7.05 Å². The van der Waals surface area contributed by atoms with Crippen LogP contribution >= 0.6 is 0 Å². The van der Waals surface area contributed by atoms with Crippen molar-refractivity contribution in [3.05, 3.63) is 40.8 Å². The average molecular weight is 274 g/mol. The Morgan fingerprint density at radius 3 is 2.85 bits per heavy atom. The van der Waals surface area contributed by atoms with Crippen molar-refractivity contribution in [1.29, 1.82) is 0 Å². The van der Waals surface area contributed by atoms with Crippen LogP contribution in [0.5, 0.6) is 11.5 Å². The van der Waals surface area contributed by atoms with Crippen LogP contribution in [0.1, 0.15) is 13.8 Å². The molecule has 0 aliphatic carbocycles. The molecule has 20 heavy (non-hydrogen) atoms. The van der Waals surface area contributed by atoms with Gasteiger partial charge in [-0.1, -0.05) is 12.1 Å². The molecule has 0 aliphatic heterocycles. The van der Waals surface area contributed by atoms with E-state index < -0.39 is 0 Å². The molecule has 0 unspecified atom stereocenters. The number of anilines is 1. The van der Waals surface area contributed by atoms with Gasteiger partial charge in [0.15, 0.2) is 5.75 Å². The highest BCUT2D eigenvalue weighted by atomic mass is 16.5. The number of nitrogens with one attached hydrogen (secondary N) is 1. The third-order valence-corrected chi connectivity index (χ3v) is 3.05. The van der Waals surface area contributed by atoms with Gasteiger partial charge in [0.2, 0.25) is 5.75 Å². The van der Waals surface area contributed by atoms with E-state index in [9.17, 15) is 9.90 Å². The zero-order valence-electron chi connectivity index (χ0n) is 11.8. The summed E-state index contributed by atoms with van der Waals surface area (Å²) < 4.78 is 6.76. The maximum absolute atomic E-state index is 12.2. The van der Waals surface area contributed by atoms with E-state index in [2.05, 4.69) is 5.32 Å². The molecule has 0 atom stereocenters. The Kier molecular flexibility index (Phi) is 3.98. The molecule has 0 saturated carbocycles. The van der Waals surface area contributed by atoms with Gasteiger partial charge in [0, 0.05) is 7.05 Å². The van der Waals surface area contributed by atoms with Crippen LogP contribution in [0.4, 0.5) is 5.69 Å². The fourth-order valence-corrected chi connectivity index (χ4v) is 2.11. The van der Waals surface area contributed by atoms with Crippen molar-refractivity contribution < 1.29 is 9.84 Å². The number of rotatable bonds is 4. The van der Waals surface area contributed by atoms with Gasteiger partial charge >= 0.3 is 0 Å².